The van der Waals surface area contributed by atoms with E-state index in [0.29, 0.717) is 12.1 Å². The van der Waals surface area contributed by atoms with Crippen LogP contribution in [-0.4, -0.2) is 15.9 Å². The third-order valence-corrected chi connectivity index (χ3v) is 4.10. The largest absolute Gasteiger partial charge is 0.370 e. The molecule has 17 heavy (non-hydrogen) atoms. The molecule has 0 N–H and O–H groups in total. The minimum absolute atomic E-state index is 0.274. The van der Waals surface area contributed by atoms with Gasteiger partial charge in [0.25, 0.3) is 0 Å². The van der Waals surface area contributed by atoms with E-state index in [4.69, 9.17) is 4.74 Å². The van der Waals surface area contributed by atoms with Crippen LogP contribution >= 0.6 is 0 Å². The fourth-order valence-corrected chi connectivity index (χ4v) is 2.87. The Balaban J connectivity index is 1.72. The molecule has 1 aromatic heterocycles. The van der Waals surface area contributed by atoms with Gasteiger partial charge < -0.3 is 4.74 Å². The van der Waals surface area contributed by atoms with Crippen molar-refractivity contribution in [2.75, 3.05) is 0 Å². The summed E-state index contributed by atoms with van der Waals surface area (Å²) in [6.45, 7) is 4.48. The van der Waals surface area contributed by atoms with Crippen LogP contribution in [0, 0.1) is 5.92 Å². The van der Waals surface area contributed by atoms with Gasteiger partial charge in [0.05, 0.1) is 24.4 Å². The molecule has 1 aliphatic carbocycles. The molecule has 3 rings (SSSR count). The summed E-state index contributed by atoms with van der Waals surface area (Å²) in [4.78, 5) is 0. The second-order valence-electron chi connectivity index (χ2n) is 5.67. The van der Waals surface area contributed by atoms with E-state index < -0.39 is 0 Å². The van der Waals surface area contributed by atoms with Crippen LogP contribution in [0.4, 0.5) is 0 Å². The average molecular weight is 234 g/mol. The average Bonchev–Trinajstić information content (AvgIpc) is 3.06. The van der Waals surface area contributed by atoms with Crippen LogP contribution < -0.4 is 0 Å². The van der Waals surface area contributed by atoms with E-state index in [1.807, 2.05) is 6.20 Å². The lowest BCUT2D eigenvalue weighted by Crippen LogP contribution is -2.25. The molecule has 94 valence electrons. The van der Waals surface area contributed by atoms with Crippen LogP contribution in [0.1, 0.15) is 63.7 Å². The molecule has 1 aromatic rings. The monoisotopic (exact) mass is 234 g/mol. The fraction of sp³-hybridized carbons (Fsp3) is 0.786. The molecule has 3 nitrogen and oxygen atoms in total. The highest BCUT2D eigenvalue weighted by atomic mass is 16.5. The van der Waals surface area contributed by atoms with Gasteiger partial charge in [-0.15, -0.1) is 0 Å². The fourth-order valence-electron chi connectivity index (χ4n) is 2.87. The Morgan fingerprint density at radius 3 is 2.94 bits per heavy atom. The van der Waals surface area contributed by atoms with Gasteiger partial charge in [0, 0.05) is 11.8 Å². The minimum atomic E-state index is 0.274. The Kier molecular flexibility index (Phi) is 2.95. The molecule has 1 saturated heterocycles. The van der Waals surface area contributed by atoms with E-state index >= 15 is 0 Å². The van der Waals surface area contributed by atoms with Gasteiger partial charge in [-0.3, -0.25) is 4.68 Å². The van der Waals surface area contributed by atoms with Crippen LogP contribution in [0.15, 0.2) is 12.4 Å². The summed E-state index contributed by atoms with van der Waals surface area (Å²) in [5.41, 5.74) is 1.28. The number of ether oxygens (including phenoxy) is 1. The summed E-state index contributed by atoms with van der Waals surface area (Å²) < 4.78 is 8.19. The van der Waals surface area contributed by atoms with E-state index in [2.05, 4.69) is 29.8 Å². The van der Waals surface area contributed by atoms with Crippen molar-refractivity contribution in [3.63, 3.8) is 0 Å². The molecule has 2 fully saturated rings. The first kappa shape index (κ1) is 11.3. The van der Waals surface area contributed by atoms with Gasteiger partial charge in [-0.25, -0.2) is 0 Å². The number of aromatic nitrogens is 2. The Morgan fingerprint density at radius 1 is 1.41 bits per heavy atom. The summed E-state index contributed by atoms with van der Waals surface area (Å²) >= 11 is 0. The molecule has 0 unspecified atom stereocenters. The standard InChI is InChI=1S/C14H22N2O/c1-3-11-6-10(2)17-14(7-11)12-8-15-16(9-12)13-4-5-13/h8-11,13-14H,3-7H2,1-2H3/t10-,11+,14-/m1/s1. The normalized spacial score (nSPS) is 33.9. The Labute approximate surface area is 103 Å². The highest BCUT2D eigenvalue weighted by Gasteiger charge is 2.30. The molecule has 3 heteroatoms. The summed E-state index contributed by atoms with van der Waals surface area (Å²) in [5, 5.41) is 4.47. The topological polar surface area (TPSA) is 27.1 Å². The lowest BCUT2D eigenvalue weighted by atomic mass is 9.88. The van der Waals surface area contributed by atoms with Crippen molar-refractivity contribution in [2.45, 2.75) is 64.2 Å². The first-order valence-corrected chi connectivity index (χ1v) is 6.95. The van der Waals surface area contributed by atoms with Gasteiger partial charge in [0.15, 0.2) is 0 Å². The third-order valence-electron chi connectivity index (χ3n) is 4.10. The first-order chi connectivity index (χ1) is 8.26. The zero-order chi connectivity index (χ0) is 11.8. The zero-order valence-corrected chi connectivity index (χ0v) is 10.8. The number of hydrogen-bond donors (Lipinski definition) is 0. The maximum atomic E-state index is 6.06. The minimum Gasteiger partial charge on any atom is -0.370 e. The van der Waals surface area contributed by atoms with Gasteiger partial charge in [0.2, 0.25) is 0 Å². The molecule has 0 radical (unpaired) electrons. The molecule has 1 aliphatic heterocycles. The third kappa shape index (κ3) is 2.39. The summed E-state index contributed by atoms with van der Waals surface area (Å²) in [6, 6.07) is 0.673. The van der Waals surface area contributed by atoms with Crippen molar-refractivity contribution in [3.8, 4) is 0 Å². The van der Waals surface area contributed by atoms with Crippen LogP contribution in [-0.2, 0) is 4.74 Å². The van der Waals surface area contributed by atoms with Crippen molar-refractivity contribution in [3.05, 3.63) is 18.0 Å². The van der Waals surface area contributed by atoms with E-state index in [-0.39, 0.29) is 6.10 Å². The van der Waals surface area contributed by atoms with Crippen molar-refractivity contribution >= 4 is 0 Å². The van der Waals surface area contributed by atoms with Crippen LogP contribution in [0.5, 0.6) is 0 Å². The molecular formula is C14H22N2O. The van der Waals surface area contributed by atoms with Gasteiger partial charge in [0.1, 0.15) is 0 Å². The van der Waals surface area contributed by atoms with E-state index in [0.717, 1.165) is 12.3 Å². The molecule has 0 amide bonds. The second-order valence-corrected chi connectivity index (χ2v) is 5.67. The van der Waals surface area contributed by atoms with Gasteiger partial charge in [-0.05, 0) is 38.5 Å². The Bertz CT molecular complexity index is 383. The molecule has 2 aliphatic rings. The second kappa shape index (κ2) is 4.45. The van der Waals surface area contributed by atoms with E-state index in [9.17, 15) is 0 Å². The van der Waals surface area contributed by atoms with Gasteiger partial charge in [-0.2, -0.15) is 5.10 Å². The van der Waals surface area contributed by atoms with Gasteiger partial charge >= 0.3 is 0 Å². The predicted octanol–water partition coefficient (Wildman–Crippen LogP) is 3.48. The van der Waals surface area contributed by atoms with Crippen LogP contribution in [0.3, 0.4) is 0 Å². The molecule has 1 saturated carbocycles. The Hall–Kier alpha value is -0.830. The molecule has 0 bridgehead atoms. The van der Waals surface area contributed by atoms with Gasteiger partial charge in [-0.1, -0.05) is 13.3 Å². The number of hydrogen-bond acceptors (Lipinski definition) is 2. The highest BCUT2D eigenvalue weighted by molar-refractivity contribution is 5.11. The maximum Gasteiger partial charge on any atom is 0.0861 e. The molecule has 3 atom stereocenters. The highest BCUT2D eigenvalue weighted by Crippen LogP contribution is 2.38. The molecule has 2 heterocycles. The number of rotatable bonds is 3. The summed E-state index contributed by atoms with van der Waals surface area (Å²) in [6.07, 6.45) is 11.1. The summed E-state index contributed by atoms with van der Waals surface area (Å²) in [5.74, 6) is 0.813. The lowest BCUT2D eigenvalue weighted by Gasteiger charge is -2.33. The quantitative estimate of drug-likeness (QED) is 0.800. The van der Waals surface area contributed by atoms with E-state index in [1.165, 1.54) is 31.2 Å². The Morgan fingerprint density at radius 2 is 2.24 bits per heavy atom. The van der Waals surface area contributed by atoms with E-state index in [1.54, 1.807) is 0 Å². The SMILES string of the molecule is CC[C@H]1C[C@@H](C)O[C@@H](c2cnn(C3CC3)c2)C1. The molecular weight excluding hydrogens is 212 g/mol. The van der Waals surface area contributed by atoms with Crippen molar-refractivity contribution in [1.29, 1.82) is 0 Å². The smallest absolute Gasteiger partial charge is 0.0861 e. The van der Waals surface area contributed by atoms with Crippen molar-refractivity contribution in [2.24, 2.45) is 5.92 Å². The van der Waals surface area contributed by atoms with Crippen molar-refractivity contribution in [1.82, 2.24) is 9.78 Å². The van der Waals surface area contributed by atoms with Crippen LogP contribution in [0.2, 0.25) is 0 Å². The first-order valence-electron chi connectivity index (χ1n) is 6.95. The molecule has 0 spiro atoms. The van der Waals surface area contributed by atoms with Crippen molar-refractivity contribution < 1.29 is 4.74 Å². The zero-order valence-electron chi connectivity index (χ0n) is 10.8. The van der Waals surface area contributed by atoms with Crippen LogP contribution in [0.25, 0.3) is 0 Å². The number of nitrogens with zero attached hydrogens (tertiary/aromatic N) is 2. The molecule has 0 aromatic carbocycles. The summed E-state index contributed by atoms with van der Waals surface area (Å²) in [7, 11) is 0. The lowest BCUT2D eigenvalue weighted by molar-refractivity contribution is -0.0643. The predicted molar refractivity (Wildman–Crippen MR) is 66.8 cm³/mol. The maximum absolute atomic E-state index is 6.06.